The van der Waals surface area contributed by atoms with Gasteiger partial charge in [-0.25, -0.2) is 4.68 Å². The lowest BCUT2D eigenvalue weighted by molar-refractivity contribution is -0.384. The van der Waals surface area contributed by atoms with Crippen LogP contribution < -0.4 is 14.8 Å². The first-order valence-electron chi connectivity index (χ1n) is 8.81. The number of nitro benzene ring substituents is 1. The quantitative estimate of drug-likeness (QED) is 0.487. The number of hydrogen-bond acceptors (Lipinski definition) is 6. The van der Waals surface area contributed by atoms with Gasteiger partial charge in [0.2, 0.25) is 6.79 Å². The van der Waals surface area contributed by atoms with E-state index in [1.165, 1.54) is 12.1 Å². The number of rotatable bonds is 5. The van der Waals surface area contributed by atoms with Crippen LogP contribution in [0.5, 0.6) is 11.5 Å². The van der Waals surface area contributed by atoms with Gasteiger partial charge in [-0.2, -0.15) is 18.3 Å². The van der Waals surface area contributed by atoms with Crippen LogP contribution >= 0.6 is 0 Å². The second-order valence-electron chi connectivity index (χ2n) is 6.43. The molecule has 0 bridgehead atoms. The summed E-state index contributed by atoms with van der Waals surface area (Å²) < 4.78 is 52.1. The number of carbonyl (C=O) groups is 1. The van der Waals surface area contributed by atoms with Crippen LogP contribution in [0.1, 0.15) is 21.6 Å². The standard InChI is InChI=1S/C19H13F3N4O5/c20-19(21,22)17-12(9-24-25(17)13-3-1-2-4-14(13)26(28)29)18(27)23-8-11-5-6-15-16(7-11)31-10-30-15/h1-7,9H,8,10H2,(H,23,27). The number of ether oxygens (including phenoxy) is 2. The maximum absolute atomic E-state index is 13.8. The smallest absolute Gasteiger partial charge is 0.434 e. The lowest BCUT2D eigenvalue weighted by Crippen LogP contribution is -2.26. The molecule has 4 rings (SSSR count). The van der Waals surface area contributed by atoms with Crippen molar-refractivity contribution in [1.82, 2.24) is 15.1 Å². The minimum absolute atomic E-state index is 0.0604. The molecule has 2 aromatic carbocycles. The third-order valence-corrected chi connectivity index (χ3v) is 4.48. The zero-order valence-corrected chi connectivity index (χ0v) is 15.5. The molecule has 0 radical (unpaired) electrons. The summed E-state index contributed by atoms with van der Waals surface area (Å²) in [5.41, 5.74) is -2.58. The number of para-hydroxylation sites is 2. The Balaban J connectivity index is 1.64. The zero-order valence-electron chi connectivity index (χ0n) is 15.5. The summed E-state index contributed by atoms with van der Waals surface area (Å²) in [5, 5.41) is 17.2. The van der Waals surface area contributed by atoms with Crippen molar-refractivity contribution in [2.24, 2.45) is 0 Å². The third-order valence-electron chi connectivity index (χ3n) is 4.48. The average Bonchev–Trinajstić information content (AvgIpc) is 3.38. The Morgan fingerprint density at radius 1 is 1.19 bits per heavy atom. The number of nitro groups is 1. The molecule has 9 nitrogen and oxygen atoms in total. The molecule has 3 aromatic rings. The van der Waals surface area contributed by atoms with Gasteiger partial charge in [0.15, 0.2) is 17.2 Å². The van der Waals surface area contributed by atoms with Gasteiger partial charge < -0.3 is 14.8 Å². The van der Waals surface area contributed by atoms with E-state index >= 15 is 0 Å². The van der Waals surface area contributed by atoms with Crippen molar-refractivity contribution in [3.8, 4) is 17.2 Å². The van der Waals surface area contributed by atoms with Gasteiger partial charge in [-0.3, -0.25) is 14.9 Å². The Hall–Kier alpha value is -4.09. The number of amides is 1. The first-order chi connectivity index (χ1) is 14.8. The maximum Gasteiger partial charge on any atom is 0.434 e. The number of benzene rings is 2. The highest BCUT2D eigenvalue weighted by Gasteiger charge is 2.41. The van der Waals surface area contributed by atoms with Crippen molar-refractivity contribution < 1.29 is 32.4 Å². The number of nitrogens with zero attached hydrogens (tertiary/aromatic N) is 3. The zero-order chi connectivity index (χ0) is 22.2. The van der Waals surface area contributed by atoms with Gasteiger partial charge in [-0.05, 0) is 23.8 Å². The van der Waals surface area contributed by atoms with Gasteiger partial charge >= 0.3 is 6.18 Å². The average molecular weight is 434 g/mol. The van der Waals surface area contributed by atoms with Crippen molar-refractivity contribution in [3.63, 3.8) is 0 Å². The SMILES string of the molecule is O=C(NCc1ccc2c(c1)OCO2)c1cnn(-c2ccccc2[N+](=O)[O-])c1C(F)(F)F. The number of aromatic nitrogens is 2. The van der Waals surface area contributed by atoms with Crippen LogP contribution in [0.2, 0.25) is 0 Å². The van der Waals surface area contributed by atoms with Crippen LogP contribution in [0.3, 0.4) is 0 Å². The molecule has 0 unspecified atom stereocenters. The van der Waals surface area contributed by atoms with Crippen LogP contribution in [0.15, 0.2) is 48.7 Å². The van der Waals surface area contributed by atoms with Gasteiger partial charge in [-0.15, -0.1) is 0 Å². The van der Waals surface area contributed by atoms with E-state index in [0.29, 0.717) is 21.7 Å². The molecule has 160 valence electrons. The molecule has 12 heteroatoms. The number of nitrogens with one attached hydrogen (secondary N) is 1. The molecule has 0 saturated carbocycles. The molecule has 0 saturated heterocycles. The van der Waals surface area contributed by atoms with E-state index in [-0.39, 0.29) is 13.3 Å². The molecule has 1 aromatic heterocycles. The molecule has 1 aliphatic rings. The van der Waals surface area contributed by atoms with Gasteiger partial charge in [0, 0.05) is 12.6 Å². The van der Waals surface area contributed by atoms with E-state index in [0.717, 1.165) is 18.3 Å². The van der Waals surface area contributed by atoms with Crippen LogP contribution in [0.4, 0.5) is 18.9 Å². The monoisotopic (exact) mass is 434 g/mol. The predicted molar refractivity (Wildman–Crippen MR) is 99.0 cm³/mol. The maximum atomic E-state index is 13.8. The molecule has 1 N–H and O–H groups in total. The van der Waals surface area contributed by atoms with E-state index < -0.39 is 39.6 Å². The minimum atomic E-state index is -4.99. The second-order valence-corrected chi connectivity index (χ2v) is 6.43. The Kier molecular flexibility index (Phi) is 4.97. The summed E-state index contributed by atoms with van der Waals surface area (Å²) >= 11 is 0. The number of alkyl halides is 3. The molecule has 0 spiro atoms. The van der Waals surface area contributed by atoms with E-state index in [9.17, 15) is 28.1 Å². The molecular weight excluding hydrogens is 421 g/mol. The summed E-state index contributed by atoms with van der Waals surface area (Å²) in [4.78, 5) is 22.9. The van der Waals surface area contributed by atoms with Crippen LogP contribution in [0.25, 0.3) is 5.69 Å². The normalized spacial score (nSPS) is 12.6. The van der Waals surface area contributed by atoms with Crippen molar-refractivity contribution in [1.29, 1.82) is 0 Å². The largest absolute Gasteiger partial charge is 0.454 e. The Bertz CT molecular complexity index is 1180. The van der Waals surface area contributed by atoms with E-state index in [4.69, 9.17) is 9.47 Å². The Labute approximate surface area is 172 Å². The second kappa shape index (κ2) is 7.63. The first kappa shape index (κ1) is 20.2. The van der Waals surface area contributed by atoms with Gasteiger partial charge in [0.1, 0.15) is 5.69 Å². The molecule has 0 atom stereocenters. The number of carbonyl (C=O) groups excluding carboxylic acids is 1. The van der Waals surface area contributed by atoms with Crippen molar-refractivity contribution in [3.05, 3.63) is 75.6 Å². The number of fused-ring (bicyclic) bond motifs is 1. The fraction of sp³-hybridized carbons (Fsp3) is 0.158. The lowest BCUT2D eigenvalue weighted by Gasteiger charge is -2.13. The van der Waals surface area contributed by atoms with Crippen LogP contribution in [0, 0.1) is 10.1 Å². The highest BCUT2D eigenvalue weighted by atomic mass is 19.4. The summed E-state index contributed by atoms with van der Waals surface area (Å²) in [6.07, 6.45) is -4.26. The van der Waals surface area contributed by atoms with Gasteiger partial charge in [0.25, 0.3) is 11.6 Å². The molecular formula is C19H13F3N4O5. The molecule has 0 aliphatic carbocycles. The summed E-state index contributed by atoms with van der Waals surface area (Å²) in [5.74, 6) is -0.0399. The highest BCUT2D eigenvalue weighted by Crippen LogP contribution is 2.36. The first-order valence-corrected chi connectivity index (χ1v) is 8.81. The van der Waals surface area contributed by atoms with Crippen LogP contribution in [-0.4, -0.2) is 27.4 Å². The third kappa shape index (κ3) is 3.86. The molecule has 0 fully saturated rings. The van der Waals surface area contributed by atoms with Crippen LogP contribution in [-0.2, 0) is 12.7 Å². The van der Waals surface area contributed by atoms with Gasteiger partial charge in [0.05, 0.1) is 16.7 Å². The minimum Gasteiger partial charge on any atom is -0.454 e. The van der Waals surface area contributed by atoms with Crippen molar-refractivity contribution in [2.45, 2.75) is 12.7 Å². The summed E-state index contributed by atoms with van der Waals surface area (Å²) in [7, 11) is 0. The predicted octanol–water partition coefficient (Wildman–Crippen LogP) is 3.46. The Morgan fingerprint density at radius 3 is 2.68 bits per heavy atom. The van der Waals surface area contributed by atoms with Crippen molar-refractivity contribution in [2.75, 3.05) is 6.79 Å². The van der Waals surface area contributed by atoms with E-state index in [2.05, 4.69) is 10.4 Å². The van der Waals surface area contributed by atoms with Gasteiger partial charge in [-0.1, -0.05) is 18.2 Å². The molecule has 1 aliphatic heterocycles. The van der Waals surface area contributed by atoms with E-state index in [1.807, 2.05) is 0 Å². The Morgan fingerprint density at radius 2 is 1.94 bits per heavy atom. The molecule has 2 heterocycles. The lowest BCUT2D eigenvalue weighted by atomic mass is 10.1. The summed E-state index contributed by atoms with van der Waals surface area (Å²) in [6, 6.07) is 9.68. The fourth-order valence-corrected chi connectivity index (χ4v) is 3.10. The van der Waals surface area contributed by atoms with E-state index in [1.54, 1.807) is 18.2 Å². The number of halogens is 3. The molecule has 1 amide bonds. The number of hydrogen-bond donors (Lipinski definition) is 1. The highest BCUT2D eigenvalue weighted by molar-refractivity contribution is 5.95. The topological polar surface area (TPSA) is 109 Å². The fourth-order valence-electron chi connectivity index (χ4n) is 3.10. The summed E-state index contributed by atoms with van der Waals surface area (Å²) in [6.45, 7) is -0.0195. The van der Waals surface area contributed by atoms with Crippen molar-refractivity contribution >= 4 is 11.6 Å². The molecule has 31 heavy (non-hydrogen) atoms.